The highest BCUT2D eigenvalue weighted by molar-refractivity contribution is 6.08. The van der Waals surface area contributed by atoms with E-state index < -0.39 is 18.4 Å². The topological polar surface area (TPSA) is 30.2 Å². The predicted molar refractivity (Wildman–Crippen MR) is 60.6 cm³/mol. The van der Waals surface area contributed by atoms with Gasteiger partial charge in [-0.2, -0.15) is 13.2 Å². The number of halogens is 3. The average molecular weight is 256 g/mol. The van der Waals surface area contributed by atoms with Gasteiger partial charge in [-0.1, -0.05) is 25.1 Å². The van der Waals surface area contributed by atoms with Crippen LogP contribution < -0.4 is 0 Å². The van der Waals surface area contributed by atoms with Crippen LogP contribution in [0.15, 0.2) is 28.7 Å². The number of carbonyl (C=O) groups excluding carboxylic acids is 1. The van der Waals surface area contributed by atoms with Gasteiger partial charge in [-0.3, -0.25) is 4.79 Å². The smallest absolute Gasteiger partial charge is 0.396 e. The van der Waals surface area contributed by atoms with Gasteiger partial charge < -0.3 is 4.42 Å². The number of carbonyl (C=O) groups is 1. The van der Waals surface area contributed by atoms with Crippen LogP contribution in [0.25, 0.3) is 11.0 Å². The molecule has 0 fully saturated rings. The first-order valence-electron chi connectivity index (χ1n) is 5.52. The summed E-state index contributed by atoms with van der Waals surface area (Å²) in [6.07, 6.45) is -5.57. The zero-order valence-electron chi connectivity index (χ0n) is 9.67. The van der Waals surface area contributed by atoms with Crippen LogP contribution in [0.4, 0.5) is 13.2 Å². The minimum absolute atomic E-state index is 0.0606. The molecule has 0 radical (unpaired) electrons. The van der Waals surface area contributed by atoms with Crippen molar-refractivity contribution >= 4 is 16.8 Å². The first kappa shape index (κ1) is 12.7. The van der Waals surface area contributed by atoms with E-state index in [1.165, 1.54) is 0 Å². The molecule has 0 atom stereocenters. The van der Waals surface area contributed by atoms with Gasteiger partial charge in [0.1, 0.15) is 17.8 Å². The standard InChI is InChI=1S/C13H11F3O2/c1-2-10-12(9(17)7-13(14,15)16)8-5-3-4-6-11(8)18-10/h3-6H,2,7H2,1H3. The Bertz CT molecular complexity index is 581. The Labute approximate surface area is 101 Å². The Kier molecular flexibility index (Phi) is 3.15. The number of alkyl halides is 3. The summed E-state index contributed by atoms with van der Waals surface area (Å²) in [6.45, 7) is 1.74. The molecular weight excluding hydrogens is 245 g/mol. The van der Waals surface area contributed by atoms with Crippen molar-refractivity contribution in [2.45, 2.75) is 25.9 Å². The minimum atomic E-state index is -4.50. The van der Waals surface area contributed by atoms with Gasteiger partial charge in [0.05, 0.1) is 5.56 Å². The minimum Gasteiger partial charge on any atom is -0.460 e. The molecule has 0 saturated heterocycles. The third-order valence-electron chi connectivity index (χ3n) is 2.63. The number of benzene rings is 1. The van der Waals surface area contributed by atoms with Crippen LogP contribution in [0.5, 0.6) is 0 Å². The Morgan fingerprint density at radius 3 is 2.56 bits per heavy atom. The molecule has 2 aromatic rings. The van der Waals surface area contributed by atoms with Gasteiger partial charge in [0.15, 0.2) is 5.78 Å². The lowest BCUT2D eigenvalue weighted by molar-refractivity contribution is -0.125. The van der Waals surface area contributed by atoms with Gasteiger partial charge in [-0.05, 0) is 6.07 Å². The first-order chi connectivity index (χ1) is 8.42. The maximum Gasteiger partial charge on any atom is 0.396 e. The first-order valence-corrected chi connectivity index (χ1v) is 5.52. The van der Waals surface area contributed by atoms with Gasteiger partial charge in [0.2, 0.25) is 0 Å². The third kappa shape index (κ3) is 2.39. The van der Waals surface area contributed by atoms with Crippen molar-refractivity contribution in [3.63, 3.8) is 0 Å². The number of rotatable bonds is 3. The molecule has 0 bridgehead atoms. The van der Waals surface area contributed by atoms with E-state index in [9.17, 15) is 18.0 Å². The summed E-state index contributed by atoms with van der Waals surface area (Å²) < 4.78 is 42.2. The zero-order chi connectivity index (χ0) is 13.3. The number of furan rings is 1. The highest BCUT2D eigenvalue weighted by Crippen LogP contribution is 2.30. The van der Waals surface area contributed by atoms with E-state index >= 15 is 0 Å². The van der Waals surface area contributed by atoms with Crippen molar-refractivity contribution in [1.82, 2.24) is 0 Å². The van der Waals surface area contributed by atoms with Crippen LogP contribution in [-0.2, 0) is 6.42 Å². The summed E-state index contributed by atoms with van der Waals surface area (Å²) in [5, 5.41) is 0.448. The lowest BCUT2D eigenvalue weighted by Gasteiger charge is -2.05. The van der Waals surface area contributed by atoms with Gasteiger partial charge >= 0.3 is 6.18 Å². The van der Waals surface area contributed by atoms with Crippen LogP contribution in [0.3, 0.4) is 0 Å². The summed E-state index contributed by atoms with van der Waals surface area (Å²) in [7, 11) is 0. The molecule has 2 rings (SSSR count). The molecule has 2 nitrogen and oxygen atoms in total. The Balaban J connectivity index is 2.51. The highest BCUT2D eigenvalue weighted by atomic mass is 19.4. The Hall–Kier alpha value is -1.78. The molecular formula is C13H11F3O2. The zero-order valence-corrected chi connectivity index (χ0v) is 9.67. The fraction of sp³-hybridized carbons (Fsp3) is 0.308. The molecule has 1 heterocycles. The van der Waals surface area contributed by atoms with Crippen molar-refractivity contribution < 1.29 is 22.4 Å². The summed E-state index contributed by atoms with van der Waals surface area (Å²) >= 11 is 0. The van der Waals surface area contributed by atoms with Crippen molar-refractivity contribution in [1.29, 1.82) is 0 Å². The summed E-state index contributed by atoms with van der Waals surface area (Å²) in [5.41, 5.74) is 0.505. The number of hydrogen-bond donors (Lipinski definition) is 0. The van der Waals surface area contributed by atoms with Gasteiger partial charge in [0.25, 0.3) is 0 Å². The molecule has 18 heavy (non-hydrogen) atoms. The highest BCUT2D eigenvalue weighted by Gasteiger charge is 2.33. The maximum absolute atomic E-state index is 12.3. The summed E-state index contributed by atoms with van der Waals surface area (Å²) in [4.78, 5) is 11.7. The second-order valence-electron chi connectivity index (χ2n) is 3.97. The number of para-hydroxylation sites is 1. The summed E-state index contributed by atoms with van der Waals surface area (Å²) in [6, 6.07) is 6.62. The van der Waals surface area contributed by atoms with Crippen LogP contribution in [0.2, 0.25) is 0 Å². The molecule has 96 valence electrons. The molecule has 0 amide bonds. The average Bonchev–Trinajstić information content (AvgIpc) is 2.64. The van der Waals surface area contributed by atoms with Crippen LogP contribution in [-0.4, -0.2) is 12.0 Å². The van der Waals surface area contributed by atoms with Gasteiger partial charge in [-0.15, -0.1) is 0 Å². The number of hydrogen-bond acceptors (Lipinski definition) is 2. The fourth-order valence-corrected chi connectivity index (χ4v) is 1.92. The second kappa shape index (κ2) is 4.48. The normalized spacial score (nSPS) is 12.0. The van der Waals surface area contributed by atoms with E-state index in [-0.39, 0.29) is 5.56 Å². The van der Waals surface area contributed by atoms with E-state index in [0.29, 0.717) is 23.2 Å². The third-order valence-corrected chi connectivity index (χ3v) is 2.63. The van der Waals surface area contributed by atoms with Gasteiger partial charge in [0, 0.05) is 11.8 Å². The molecule has 0 aliphatic carbocycles. The molecule has 0 saturated carbocycles. The van der Waals surface area contributed by atoms with Crippen molar-refractivity contribution in [3.8, 4) is 0 Å². The van der Waals surface area contributed by atoms with Crippen LogP contribution in [0, 0.1) is 0 Å². The number of aryl methyl sites for hydroxylation is 1. The lowest BCUT2D eigenvalue weighted by Crippen LogP contribution is -2.15. The van der Waals surface area contributed by atoms with Crippen molar-refractivity contribution in [2.24, 2.45) is 0 Å². The molecule has 0 aliphatic heterocycles. The fourth-order valence-electron chi connectivity index (χ4n) is 1.92. The van der Waals surface area contributed by atoms with Crippen LogP contribution in [0.1, 0.15) is 29.5 Å². The summed E-state index contributed by atoms with van der Waals surface area (Å²) in [5.74, 6) is -0.630. The number of ketones is 1. The molecule has 0 N–H and O–H groups in total. The van der Waals surface area contributed by atoms with E-state index in [0.717, 1.165) is 0 Å². The SMILES string of the molecule is CCc1oc2ccccc2c1C(=O)CC(F)(F)F. The molecule has 5 heteroatoms. The van der Waals surface area contributed by atoms with E-state index in [2.05, 4.69) is 0 Å². The largest absolute Gasteiger partial charge is 0.460 e. The Morgan fingerprint density at radius 1 is 1.28 bits per heavy atom. The maximum atomic E-state index is 12.3. The van der Waals surface area contributed by atoms with E-state index in [1.54, 1.807) is 31.2 Å². The van der Waals surface area contributed by atoms with Gasteiger partial charge in [-0.25, -0.2) is 0 Å². The van der Waals surface area contributed by atoms with E-state index in [1.807, 2.05) is 0 Å². The monoisotopic (exact) mass is 256 g/mol. The Morgan fingerprint density at radius 2 is 1.94 bits per heavy atom. The van der Waals surface area contributed by atoms with Crippen LogP contribution >= 0.6 is 0 Å². The van der Waals surface area contributed by atoms with E-state index in [4.69, 9.17) is 4.42 Å². The number of fused-ring (bicyclic) bond motifs is 1. The molecule has 0 aliphatic rings. The van der Waals surface area contributed by atoms with Crippen molar-refractivity contribution in [3.05, 3.63) is 35.6 Å². The number of Topliss-reactive ketones (excluding diaryl/α,β-unsaturated/α-hetero) is 1. The predicted octanol–water partition coefficient (Wildman–Crippen LogP) is 4.13. The van der Waals surface area contributed by atoms with Crippen molar-refractivity contribution in [2.75, 3.05) is 0 Å². The molecule has 1 aromatic carbocycles. The quantitative estimate of drug-likeness (QED) is 0.773. The molecule has 0 unspecified atom stereocenters. The second-order valence-corrected chi connectivity index (χ2v) is 3.97. The molecule has 1 aromatic heterocycles. The lowest BCUT2D eigenvalue weighted by atomic mass is 10.0. The molecule has 0 spiro atoms.